The van der Waals surface area contributed by atoms with Gasteiger partial charge in [0.25, 0.3) is 0 Å². The van der Waals surface area contributed by atoms with Crippen LogP contribution in [0.4, 0.5) is 10.1 Å². The molecule has 0 aliphatic rings. The van der Waals surface area contributed by atoms with Gasteiger partial charge in [-0.25, -0.2) is 4.39 Å². The van der Waals surface area contributed by atoms with Gasteiger partial charge in [-0.05, 0) is 37.3 Å². The van der Waals surface area contributed by atoms with Gasteiger partial charge in [0.05, 0.1) is 6.04 Å². The molecule has 100 valence electrons. The summed E-state index contributed by atoms with van der Waals surface area (Å²) in [6.45, 7) is 1.81. The predicted octanol–water partition coefficient (Wildman–Crippen LogP) is 4.06. The lowest BCUT2D eigenvalue weighted by Gasteiger charge is -2.17. The molecule has 0 amide bonds. The molecule has 0 heterocycles. The van der Waals surface area contributed by atoms with Crippen LogP contribution in [0, 0.1) is 5.82 Å². The van der Waals surface area contributed by atoms with E-state index in [1.807, 2.05) is 6.92 Å². The number of rotatable bonds is 3. The second-order valence-corrected chi connectivity index (χ2v) is 4.70. The van der Waals surface area contributed by atoms with Gasteiger partial charge in [0.1, 0.15) is 17.3 Å². The molecule has 2 rings (SSSR count). The van der Waals surface area contributed by atoms with E-state index in [9.17, 15) is 14.6 Å². The number of halogens is 2. The minimum atomic E-state index is -0.433. The van der Waals surface area contributed by atoms with Crippen molar-refractivity contribution >= 4 is 17.3 Å². The van der Waals surface area contributed by atoms with E-state index in [2.05, 4.69) is 5.32 Å². The maximum Gasteiger partial charge on any atom is 0.126 e. The smallest absolute Gasteiger partial charge is 0.126 e. The van der Waals surface area contributed by atoms with E-state index in [1.165, 1.54) is 24.3 Å². The minimum absolute atomic E-state index is 0.0118. The van der Waals surface area contributed by atoms with Crippen LogP contribution < -0.4 is 5.32 Å². The monoisotopic (exact) mass is 281 g/mol. The molecule has 0 saturated carbocycles. The Morgan fingerprint density at radius 1 is 1.16 bits per heavy atom. The molecule has 2 aromatic carbocycles. The Balaban J connectivity index is 2.22. The number of phenolic OH excluding ortho intramolecular Hbond substituents is 2. The highest BCUT2D eigenvalue weighted by molar-refractivity contribution is 6.30. The molecule has 1 atom stereocenters. The summed E-state index contributed by atoms with van der Waals surface area (Å²) in [6.07, 6.45) is 0. The van der Waals surface area contributed by atoms with Crippen LogP contribution in [0.5, 0.6) is 11.5 Å². The third kappa shape index (κ3) is 3.29. The first-order valence-electron chi connectivity index (χ1n) is 5.70. The first kappa shape index (κ1) is 13.5. The number of aromatic hydroxyl groups is 2. The van der Waals surface area contributed by atoms with E-state index in [-0.39, 0.29) is 17.5 Å². The molecular weight excluding hydrogens is 269 g/mol. The Morgan fingerprint density at radius 2 is 1.89 bits per heavy atom. The summed E-state index contributed by atoms with van der Waals surface area (Å²) in [6, 6.07) is 8.20. The molecule has 3 nitrogen and oxygen atoms in total. The van der Waals surface area contributed by atoms with Gasteiger partial charge in [0.15, 0.2) is 0 Å². The second kappa shape index (κ2) is 5.36. The molecule has 0 radical (unpaired) electrons. The fraction of sp³-hybridized carbons (Fsp3) is 0.143. The second-order valence-electron chi connectivity index (χ2n) is 4.27. The molecule has 0 saturated heterocycles. The van der Waals surface area contributed by atoms with Crippen LogP contribution in [-0.4, -0.2) is 10.2 Å². The molecule has 0 aromatic heterocycles. The van der Waals surface area contributed by atoms with E-state index in [0.717, 1.165) is 0 Å². The zero-order valence-electron chi connectivity index (χ0n) is 10.2. The fourth-order valence-electron chi connectivity index (χ4n) is 1.86. The predicted molar refractivity (Wildman–Crippen MR) is 73.2 cm³/mol. The van der Waals surface area contributed by atoms with Crippen molar-refractivity contribution in [3.8, 4) is 11.5 Å². The van der Waals surface area contributed by atoms with Crippen molar-refractivity contribution in [3.63, 3.8) is 0 Å². The van der Waals surface area contributed by atoms with Gasteiger partial charge in [-0.15, -0.1) is 0 Å². The molecule has 0 spiro atoms. The van der Waals surface area contributed by atoms with Crippen molar-refractivity contribution in [1.29, 1.82) is 0 Å². The van der Waals surface area contributed by atoms with E-state index in [4.69, 9.17) is 11.6 Å². The molecule has 0 aliphatic heterocycles. The lowest BCUT2D eigenvalue weighted by atomic mass is 10.1. The van der Waals surface area contributed by atoms with Crippen LogP contribution in [0.25, 0.3) is 0 Å². The standard InChI is InChI=1S/C14H13ClFNO2/c1-8(13-3-2-12(18)7-14(13)19)17-11-5-9(15)4-10(16)6-11/h2-8,17-19H,1H3. The van der Waals surface area contributed by atoms with Gasteiger partial charge >= 0.3 is 0 Å². The summed E-state index contributed by atoms with van der Waals surface area (Å²) in [5, 5.41) is 22.3. The van der Waals surface area contributed by atoms with E-state index < -0.39 is 5.82 Å². The van der Waals surface area contributed by atoms with Gasteiger partial charge in [0, 0.05) is 22.3 Å². The van der Waals surface area contributed by atoms with Crippen molar-refractivity contribution in [2.45, 2.75) is 13.0 Å². The Labute approximate surface area is 115 Å². The Hall–Kier alpha value is -1.94. The lowest BCUT2D eigenvalue weighted by molar-refractivity contribution is 0.444. The first-order valence-corrected chi connectivity index (χ1v) is 6.08. The van der Waals surface area contributed by atoms with Gasteiger partial charge in [0.2, 0.25) is 0 Å². The lowest BCUT2D eigenvalue weighted by Crippen LogP contribution is -2.07. The van der Waals surface area contributed by atoms with Gasteiger partial charge in [-0.1, -0.05) is 11.6 Å². The van der Waals surface area contributed by atoms with Crippen LogP contribution >= 0.6 is 11.6 Å². The Kier molecular flexibility index (Phi) is 3.81. The summed E-state index contributed by atoms with van der Waals surface area (Å²) in [4.78, 5) is 0. The molecular formula is C14H13ClFNO2. The van der Waals surface area contributed by atoms with E-state index in [0.29, 0.717) is 16.3 Å². The van der Waals surface area contributed by atoms with Crippen molar-refractivity contribution in [2.24, 2.45) is 0 Å². The maximum absolute atomic E-state index is 13.2. The molecule has 0 fully saturated rings. The molecule has 2 aromatic rings. The average molecular weight is 282 g/mol. The largest absolute Gasteiger partial charge is 0.508 e. The third-order valence-corrected chi connectivity index (χ3v) is 2.94. The molecule has 19 heavy (non-hydrogen) atoms. The number of anilines is 1. The number of hydrogen-bond donors (Lipinski definition) is 3. The van der Waals surface area contributed by atoms with Crippen LogP contribution in [0.2, 0.25) is 5.02 Å². The summed E-state index contributed by atoms with van der Waals surface area (Å²) in [5.74, 6) is -0.470. The number of nitrogens with one attached hydrogen (secondary N) is 1. The number of benzene rings is 2. The number of phenols is 2. The fourth-order valence-corrected chi connectivity index (χ4v) is 2.08. The Bertz CT molecular complexity index is 584. The SMILES string of the molecule is CC(Nc1cc(F)cc(Cl)c1)c1ccc(O)cc1O. The quantitative estimate of drug-likeness (QED) is 0.795. The average Bonchev–Trinajstić information content (AvgIpc) is 2.26. The molecule has 1 unspecified atom stereocenters. The third-order valence-electron chi connectivity index (χ3n) is 2.73. The highest BCUT2D eigenvalue weighted by Gasteiger charge is 2.11. The highest BCUT2D eigenvalue weighted by Crippen LogP contribution is 2.30. The van der Waals surface area contributed by atoms with Crippen molar-refractivity contribution in [3.05, 3.63) is 52.8 Å². The topological polar surface area (TPSA) is 52.5 Å². The van der Waals surface area contributed by atoms with E-state index in [1.54, 1.807) is 12.1 Å². The number of hydrogen-bond acceptors (Lipinski definition) is 3. The van der Waals surface area contributed by atoms with Crippen molar-refractivity contribution in [2.75, 3.05) is 5.32 Å². The van der Waals surface area contributed by atoms with E-state index >= 15 is 0 Å². The maximum atomic E-state index is 13.2. The molecule has 0 aliphatic carbocycles. The molecule has 0 bridgehead atoms. The van der Waals surface area contributed by atoms with Gasteiger partial charge in [-0.2, -0.15) is 0 Å². The highest BCUT2D eigenvalue weighted by atomic mass is 35.5. The summed E-state index contributed by atoms with van der Waals surface area (Å²) in [5.41, 5.74) is 1.11. The normalized spacial score (nSPS) is 12.2. The van der Waals surface area contributed by atoms with Crippen LogP contribution in [0.15, 0.2) is 36.4 Å². The minimum Gasteiger partial charge on any atom is -0.508 e. The van der Waals surface area contributed by atoms with Gasteiger partial charge in [-0.3, -0.25) is 0 Å². The Morgan fingerprint density at radius 3 is 2.53 bits per heavy atom. The van der Waals surface area contributed by atoms with Crippen LogP contribution in [0.1, 0.15) is 18.5 Å². The summed E-state index contributed by atoms with van der Waals surface area (Å²) in [7, 11) is 0. The van der Waals surface area contributed by atoms with Crippen molar-refractivity contribution in [1.82, 2.24) is 0 Å². The van der Waals surface area contributed by atoms with Crippen LogP contribution in [0.3, 0.4) is 0 Å². The van der Waals surface area contributed by atoms with Gasteiger partial charge < -0.3 is 15.5 Å². The summed E-state index contributed by atoms with van der Waals surface area (Å²) < 4.78 is 13.2. The zero-order chi connectivity index (χ0) is 14.0. The summed E-state index contributed by atoms with van der Waals surface area (Å²) >= 11 is 5.77. The zero-order valence-corrected chi connectivity index (χ0v) is 10.9. The van der Waals surface area contributed by atoms with Crippen molar-refractivity contribution < 1.29 is 14.6 Å². The molecule has 5 heteroatoms. The first-order chi connectivity index (χ1) is 8.95. The molecule has 3 N–H and O–H groups in total. The van der Waals surface area contributed by atoms with Crippen LogP contribution in [-0.2, 0) is 0 Å².